The summed E-state index contributed by atoms with van der Waals surface area (Å²) in [5.74, 6) is 0.858. The maximum absolute atomic E-state index is 12.3. The van der Waals surface area contributed by atoms with E-state index in [2.05, 4.69) is 9.88 Å². The second kappa shape index (κ2) is 7.75. The van der Waals surface area contributed by atoms with Crippen LogP contribution < -0.4 is 4.74 Å². The van der Waals surface area contributed by atoms with E-state index < -0.39 is 0 Å². The van der Waals surface area contributed by atoms with Gasteiger partial charge in [-0.2, -0.15) is 0 Å². The smallest absolute Gasteiger partial charge is 0.260 e. The summed E-state index contributed by atoms with van der Waals surface area (Å²) in [6.07, 6.45) is 6.12. The minimum absolute atomic E-state index is 0.0371. The summed E-state index contributed by atoms with van der Waals surface area (Å²) in [5.41, 5.74) is 2.30. The zero-order valence-corrected chi connectivity index (χ0v) is 13.5. The summed E-state index contributed by atoms with van der Waals surface area (Å²) < 4.78 is 5.81. The van der Waals surface area contributed by atoms with Crippen LogP contribution in [0, 0.1) is 0 Å². The summed E-state index contributed by atoms with van der Waals surface area (Å²) in [6.45, 7) is 3.99. The van der Waals surface area contributed by atoms with Gasteiger partial charge in [0.15, 0.2) is 6.61 Å². The van der Waals surface area contributed by atoms with Crippen LogP contribution in [0.4, 0.5) is 0 Å². The first-order valence-electron chi connectivity index (χ1n) is 8.48. The summed E-state index contributed by atoms with van der Waals surface area (Å²) in [5, 5.41) is 8.95. The molecule has 6 nitrogen and oxygen atoms in total. The van der Waals surface area contributed by atoms with Crippen LogP contribution >= 0.6 is 0 Å². The number of piperazine rings is 1. The van der Waals surface area contributed by atoms with E-state index >= 15 is 0 Å². The number of pyridine rings is 1. The number of carbonyl (C=O) groups is 1. The number of fused-ring (bicyclic) bond motifs is 1. The largest absolute Gasteiger partial charge is 0.483 e. The lowest BCUT2D eigenvalue weighted by molar-refractivity contribution is -0.135. The summed E-state index contributed by atoms with van der Waals surface area (Å²) in [4.78, 5) is 20.8. The van der Waals surface area contributed by atoms with E-state index in [1.54, 1.807) is 6.20 Å². The maximum atomic E-state index is 12.3. The lowest BCUT2D eigenvalue weighted by Crippen LogP contribution is -2.50. The quantitative estimate of drug-likeness (QED) is 0.855. The number of aromatic nitrogens is 1. The van der Waals surface area contributed by atoms with Crippen molar-refractivity contribution in [1.82, 2.24) is 14.8 Å². The highest BCUT2D eigenvalue weighted by atomic mass is 16.5. The van der Waals surface area contributed by atoms with Gasteiger partial charge in [0.2, 0.25) is 0 Å². The minimum Gasteiger partial charge on any atom is -0.483 e. The number of carbonyl (C=O) groups excluding carboxylic acids is 1. The average molecular weight is 319 g/mol. The second-order valence-electron chi connectivity index (χ2n) is 6.18. The third kappa shape index (κ3) is 4.00. The molecule has 1 aromatic heterocycles. The number of aryl methyl sites for hydroxylation is 1. The molecule has 1 aromatic rings. The fraction of sp³-hybridized carbons (Fsp3) is 0.647. The number of aliphatic hydroxyl groups excluding tert-OH is 1. The number of hydrogen-bond acceptors (Lipinski definition) is 5. The molecule has 2 heterocycles. The molecule has 0 spiro atoms. The Hall–Kier alpha value is -1.66. The van der Waals surface area contributed by atoms with Crippen molar-refractivity contribution in [3.8, 4) is 5.75 Å². The minimum atomic E-state index is 0.0371. The molecule has 3 rings (SSSR count). The third-order valence-electron chi connectivity index (χ3n) is 4.68. The molecule has 0 unspecified atom stereocenters. The number of rotatable bonds is 5. The number of ether oxygens (including phenoxy) is 1. The molecule has 0 atom stereocenters. The highest BCUT2D eigenvalue weighted by Crippen LogP contribution is 2.27. The molecule has 0 bridgehead atoms. The van der Waals surface area contributed by atoms with Crippen LogP contribution in [0.1, 0.15) is 24.1 Å². The Kier molecular flexibility index (Phi) is 5.46. The third-order valence-corrected chi connectivity index (χ3v) is 4.68. The monoisotopic (exact) mass is 319 g/mol. The lowest BCUT2D eigenvalue weighted by atomic mass is 9.95. The molecular weight excluding hydrogens is 294 g/mol. The number of nitrogens with zero attached hydrogens (tertiary/aromatic N) is 3. The molecule has 1 N–H and O–H groups in total. The first-order chi connectivity index (χ1) is 11.3. The fourth-order valence-electron chi connectivity index (χ4n) is 3.32. The van der Waals surface area contributed by atoms with Crippen molar-refractivity contribution in [1.29, 1.82) is 0 Å². The Morgan fingerprint density at radius 1 is 1.22 bits per heavy atom. The Balaban J connectivity index is 1.52. The van der Waals surface area contributed by atoms with Crippen molar-refractivity contribution >= 4 is 5.91 Å². The molecule has 0 radical (unpaired) electrons. The predicted octanol–water partition coefficient (Wildman–Crippen LogP) is 0.476. The van der Waals surface area contributed by atoms with Gasteiger partial charge in [0, 0.05) is 50.2 Å². The Morgan fingerprint density at radius 2 is 2.00 bits per heavy atom. The second-order valence-corrected chi connectivity index (χ2v) is 6.18. The van der Waals surface area contributed by atoms with Gasteiger partial charge >= 0.3 is 0 Å². The van der Waals surface area contributed by atoms with Crippen molar-refractivity contribution in [3.63, 3.8) is 0 Å². The highest BCUT2D eigenvalue weighted by molar-refractivity contribution is 5.78. The van der Waals surface area contributed by atoms with Crippen LogP contribution in [0.2, 0.25) is 0 Å². The molecule has 0 saturated carbocycles. The maximum Gasteiger partial charge on any atom is 0.260 e. The zero-order valence-electron chi connectivity index (χ0n) is 13.5. The van der Waals surface area contributed by atoms with Crippen molar-refractivity contribution in [2.24, 2.45) is 0 Å². The van der Waals surface area contributed by atoms with Gasteiger partial charge in [0.1, 0.15) is 5.75 Å². The standard InChI is InChI=1S/C17H25N3O3/c21-12-11-19-7-9-20(10-8-19)17(22)13-23-16-5-6-18-15-4-2-1-3-14(15)16/h5-6,21H,1-4,7-13H2. The Bertz CT molecular complexity index is 542. The molecule has 0 aromatic carbocycles. The lowest BCUT2D eigenvalue weighted by Gasteiger charge is -2.34. The van der Waals surface area contributed by atoms with Gasteiger partial charge < -0.3 is 14.7 Å². The van der Waals surface area contributed by atoms with Crippen LogP contribution in [0.25, 0.3) is 0 Å². The van der Waals surface area contributed by atoms with E-state index in [4.69, 9.17) is 9.84 Å². The number of hydrogen-bond donors (Lipinski definition) is 1. The zero-order chi connectivity index (χ0) is 16.1. The van der Waals surface area contributed by atoms with Crippen LogP contribution in [0.5, 0.6) is 5.75 Å². The van der Waals surface area contributed by atoms with E-state index in [-0.39, 0.29) is 19.1 Å². The van der Waals surface area contributed by atoms with Gasteiger partial charge in [-0.1, -0.05) is 0 Å². The first-order valence-corrected chi connectivity index (χ1v) is 8.48. The molecule has 1 amide bonds. The number of amides is 1. The van der Waals surface area contributed by atoms with Gasteiger partial charge in [0.05, 0.1) is 6.61 Å². The van der Waals surface area contributed by atoms with E-state index in [0.717, 1.165) is 43.8 Å². The molecular formula is C17H25N3O3. The number of aliphatic hydroxyl groups is 1. The highest BCUT2D eigenvalue weighted by Gasteiger charge is 2.22. The SMILES string of the molecule is O=C(COc1ccnc2c1CCCC2)N1CCN(CCO)CC1. The van der Waals surface area contributed by atoms with Gasteiger partial charge in [-0.3, -0.25) is 14.7 Å². The van der Waals surface area contributed by atoms with E-state index in [0.29, 0.717) is 19.6 Å². The van der Waals surface area contributed by atoms with E-state index in [1.807, 2.05) is 11.0 Å². The van der Waals surface area contributed by atoms with Crippen LogP contribution in [0.15, 0.2) is 12.3 Å². The van der Waals surface area contributed by atoms with Gasteiger partial charge in [-0.25, -0.2) is 0 Å². The van der Waals surface area contributed by atoms with Gasteiger partial charge in [-0.15, -0.1) is 0 Å². The molecule has 126 valence electrons. The molecule has 1 aliphatic carbocycles. The topological polar surface area (TPSA) is 65.9 Å². The fourth-order valence-corrected chi connectivity index (χ4v) is 3.32. The molecule has 23 heavy (non-hydrogen) atoms. The van der Waals surface area contributed by atoms with Crippen molar-refractivity contribution in [2.75, 3.05) is 45.9 Å². The molecule has 1 saturated heterocycles. The Labute approximate surface area is 137 Å². The predicted molar refractivity (Wildman–Crippen MR) is 86.5 cm³/mol. The van der Waals surface area contributed by atoms with Gasteiger partial charge in [0.25, 0.3) is 5.91 Å². The summed E-state index contributed by atoms with van der Waals surface area (Å²) in [7, 11) is 0. The molecule has 6 heteroatoms. The summed E-state index contributed by atoms with van der Waals surface area (Å²) in [6, 6.07) is 1.87. The van der Waals surface area contributed by atoms with Crippen molar-refractivity contribution < 1.29 is 14.6 Å². The summed E-state index contributed by atoms with van der Waals surface area (Å²) >= 11 is 0. The van der Waals surface area contributed by atoms with E-state index in [1.165, 1.54) is 12.0 Å². The molecule has 1 fully saturated rings. The number of β-amino-alcohol motifs (C(OH)–C–C–N with tert-alkyl or cyclic N) is 1. The van der Waals surface area contributed by atoms with Crippen LogP contribution in [-0.4, -0.2) is 71.7 Å². The normalized spacial score (nSPS) is 18.6. The first kappa shape index (κ1) is 16.2. The van der Waals surface area contributed by atoms with Crippen LogP contribution in [0.3, 0.4) is 0 Å². The average Bonchev–Trinajstić information content (AvgIpc) is 2.60. The molecule has 1 aliphatic heterocycles. The van der Waals surface area contributed by atoms with Gasteiger partial charge in [-0.05, 0) is 31.7 Å². The van der Waals surface area contributed by atoms with Crippen LogP contribution in [-0.2, 0) is 17.6 Å². The van der Waals surface area contributed by atoms with Crippen molar-refractivity contribution in [2.45, 2.75) is 25.7 Å². The van der Waals surface area contributed by atoms with E-state index in [9.17, 15) is 4.79 Å². The van der Waals surface area contributed by atoms with Crippen molar-refractivity contribution in [3.05, 3.63) is 23.5 Å². The molecule has 2 aliphatic rings. The Morgan fingerprint density at radius 3 is 2.78 bits per heavy atom.